The van der Waals surface area contributed by atoms with Crippen molar-refractivity contribution in [3.63, 3.8) is 0 Å². The van der Waals surface area contributed by atoms with Gasteiger partial charge in [-0.15, -0.1) is 0 Å². The number of pyridine rings is 1. The van der Waals surface area contributed by atoms with Gasteiger partial charge >= 0.3 is 0 Å². The molecule has 1 N–H and O–H groups in total. The highest BCUT2D eigenvalue weighted by Crippen LogP contribution is 2.37. The molecule has 3 aromatic heterocycles. The average molecular weight is 573 g/mol. The molecule has 12 nitrogen and oxygen atoms in total. The molecule has 4 aromatic rings. The van der Waals surface area contributed by atoms with Gasteiger partial charge in [0.1, 0.15) is 6.61 Å². The van der Waals surface area contributed by atoms with Gasteiger partial charge in [-0.3, -0.25) is 19.8 Å². The molecule has 0 spiro atoms. The molecule has 2 fully saturated rings. The number of rotatable bonds is 1. The number of nitrogens with one attached hydrogen (secondary N) is 1. The zero-order chi connectivity index (χ0) is 29.0. The third kappa shape index (κ3) is 4.54. The molecule has 0 radical (unpaired) electrons. The van der Waals surface area contributed by atoms with Crippen molar-refractivity contribution < 1.29 is 14.3 Å². The molecule has 3 aliphatic rings. The second-order valence-corrected chi connectivity index (χ2v) is 11.8. The van der Waals surface area contributed by atoms with E-state index in [-0.39, 0.29) is 17.0 Å². The van der Waals surface area contributed by atoms with Crippen molar-refractivity contribution >= 4 is 28.6 Å². The molecule has 1 amide bonds. The summed E-state index contributed by atoms with van der Waals surface area (Å²) in [6, 6.07) is 7.95. The number of hydrogen-bond donors (Lipinski definition) is 1. The third-order valence-electron chi connectivity index (χ3n) is 8.80. The molecule has 2 saturated heterocycles. The molecule has 12 heteroatoms. The second-order valence-electron chi connectivity index (χ2n) is 11.8. The Morgan fingerprint density at radius 1 is 1.00 bits per heavy atom. The number of carbonyl (C=O) groups is 1. The molecule has 2 atom stereocenters. The molecule has 2 unspecified atom stereocenters. The van der Waals surface area contributed by atoms with Crippen LogP contribution < -0.4 is 20.5 Å². The number of amides is 1. The van der Waals surface area contributed by atoms with Gasteiger partial charge in [0.05, 0.1) is 52.7 Å². The fourth-order valence-electron chi connectivity index (χ4n) is 6.67. The predicted octanol–water partition coefficient (Wildman–Crippen LogP) is 2.43. The smallest absolute Gasteiger partial charge is 0.259 e. The number of nitrogens with zero attached hydrogens (tertiary/aromatic N) is 7. The van der Waals surface area contributed by atoms with Gasteiger partial charge < -0.3 is 23.5 Å². The van der Waals surface area contributed by atoms with Crippen molar-refractivity contribution in [1.29, 1.82) is 0 Å². The van der Waals surface area contributed by atoms with Gasteiger partial charge in [0.2, 0.25) is 11.8 Å². The fourth-order valence-corrected chi connectivity index (χ4v) is 6.67. The highest BCUT2D eigenvalue weighted by Gasteiger charge is 2.37. The van der Waals surface area contributed by atoms with Crippen molar-refractivity contribution in [3.05, 3.63) is 52.6 Å². The number of fused-ring (bicyclic) bond motifs is 10. The van der Waals surface area contributed by atoms with Gasteiger partial charge in [0.25, 0.3) is 11.5 Å². The Morgan fingerprint density at radius 2 is 1.83 bits per heavy atom. The van der Waals surface area contributed by atoms with Crippen LogP contribution in [0, 0.1) is 0 Å². The quantitative estimate of drug-likeness (QED) is 0.370. The Labute approximate surface area is 243 Å². The van der Waals surface area contributed by atoms with Crippen LogP contribution in [0.15, 0.2) is 41.5 Å². The summed E-state index contributed by atoms with van der Waals surface area (Å²) < 4.78 is 17.1. The number of piperidine rings is 1. The van der Waals surface area contributed by atoms with E-state index in [0.717, 1.165) is 55.7 Å². The Bertz CT molecular complexity index is 1730. The first-order valence-electron chi connectivity index (χ1n) is 14.6. The Hall–Kier alpha value is -4.16. The van der Waals surface area contributed by atoms with Gasteiger partial charge in [-0.05, 0) is 50.6 Å². The monoisotopic (exact) mass is 572 g/mol. The molecule has 7 rings (SSSR count). The Balaban J connectivity index is 1.38. The maximum absolute atomic E-state index is 13.9. The zero-order valence-electron chi connectivity index (χ0n) is 24.3. The number of hydrogen-bond acceptors (Lipinski definition) is 8. The van der Waals surface area contributed by atoms with E-state index in [9.17, 15) is 9.59 Å². The Morgan fingerprint density at radius 3 is 2.67 bits per heavy atom. The van der Waals surface area contributed by atoms with Crippen LogP contribution in [0.1, 0.15) is 30.1 Å². The molecular formula is C30H36N8O4. The van der Waals surface area contributed by atoms with Crippen molar-refractivity contribution in [2.75, 3.05) is 62.8 Å². The second kappa shape index (κ2) is 10.3. The molecule has 4 bridgehead atoms. The van der Waals surface area contributed by atoms with Gasteiger partial charge in [-0.1, -0.05) is 0 Å². The number of carbonyl (C=O) groups excluding carboxylic acids is 1. The summed E-state index contributed by atoms with van der Waals surface area (Å²) in [7, 11) is 3.44. The molecule has 220 valence electrons. The summed E-state index contributed by atoms with van der Waals surface area (Å²) in [5.41, 5.74) is 3.64. The van der Waals surface area contributed by atoms with Crippen LogP contribution in [0.25, 0.3) is 22.2 Å². The minimum atomic E-state index is -0.339. The van der Waals surface area contributed by atoms with Crippen LogP contribution in [0.3, 0.4) is 0 Å². The van der Waals surface area contributed by atoms with Crippen LogP contribution in [0.5, 0.6) is 5.88 Å². The lowest BCUT2D eigenvalue weighted by molar-refractivity contribution is 0.0960. The van der Waals surface area contributed by atoms with Crippen LogP contribution in [0.2, 0.25) is 0 Å². The summed E-state index contributed by atoms with van der Waals surface area (Å²) in [6.45, 7) is 8.21. The number of imidazole rings is 1. The van der Waals surface area contributed by atoms with E-state index in [1.165, 1.54) is 4.57 Å². The average Bonchev–Trinajstić information content (AvgIpc) is 3.54. The summed E-state index contributed by atoms with van der Waals surface area (Å²) in [6.07, 6.45) is 5.12. The molecule has 0 aliphatic carbocycles. The van der Waals surface area contributed by atoms with Crippen LogP contribution in [-0.4, -0.2) is 87.3 Å². The van der Waals surface area contributed by atoms with E-state index in [1.807, 2.05) is 6.07 Å². The van der Waals surface area contributed by atoms with Gasteiger partial charge in [0.15, 0.2) is 0 Å². The molecular weight excluding hydrogens is 536 g/mol. The number of ether oxygens (including phenoxy) is 2. The first-order valence-corrected chi connectivity index (χ1v) is 14.6. The summed E-state index contributed by atoms with van der Waals surface area (Å²) >= 11 is 0. The minimum absolute atomic E-state index is 0.233. The highest BCUT2D eigenvalue weighted by atomic mass is 16.5. The molecule has 6 heterocycles. The van der Waals surface area contributed by atoms with E-state index < -0.39 is 0 Å². The highest BCUT2D eigenvalue weighted by molar-refractivity contribution is 6.04. The van der Waals surface area contributed by atoms with Crippen LogP contribution >= 0.6 is 0 Å². The van der Waals surface area contributed by atoms with E-state index in [2.05, 4.69) is 43.8 Å². The summed E-state index contributed by atoms with van der Waals surface area (Å²) in [4.78, 5) is 36.8. The first-order chi connectivity index (χ1) is 20.3. The Kier molecular flexibility index (Phi) is 6.54. The van der Waals surface area contributed by atoms with Crippen molar-refractivity contribution in [3.8, 4) is 17.0 Å². The van der Waals surface area contributed by atoms with Crippen LogP contribution in [0.4, 0.5) is 11.6 Å². The third-order valence-corrected chi connectivity index (χ3v) is 8.80. The van der Waals surface area contributed by atoms with Crippen LogP contribution in [-0.2, 0) is 24.4 Å². The molecule has 3 aliphatic heterocycles. The van der Waals surface area contributed by atoms with E-state index in [0.29, 0.717) is 54.9 Å². The number of anilines is 2. The maximum atomic E-state index is 13.9. The van der Waals surface area contributed by atoms with Gasteiger partial charge in [-0.25, -0.2) is 9.67 Å². The number of benzene rings is 1. The van der Waals surface area contributed by atoms with Gasteiger partial charge in [0, 0.05) is 52.2 Å². The first kappa shape index (κ1) is 26.7. The largest absolute Gasteiger partial charge is 0.476 e. The summed E-state index contributed by atoms with van der Waals surface area (Å²) in [5, 5.41) is 7.48. The maximum Gasteiger partial charge on any atom is 0.259 e. The number of aromatic nitrogens is 5. The van der Waals surface area contributed by atoms with E-state index in [1.54, 1.807) is 37.2 Å². The molecule has 1 aromatic carbocycles. The topological polar surface area (TPSA) is 112 Å². The standard InChI is InChI=1S/C30H36N8O4/c1-30-7-4-8-36(19-30)9-14-42-28-23(17-31-35(28)3)22-15-20(18-34(2)27(22)40)26(39)33-29-32-24-6-5-21(16-25(24)38(29)30)37-10-12-41-13-11-37/h5-6,15-18H,4,7-14,19H2,1-3H3,(H,32,33,39). The van der Waals surface area contributed by atoms with E-state index in [4.69, 9.17) is 14.5 Å². The lowest BCUT2D eigenvalue weighted by Gasteiger charge is -2.42. The number of aryl methyl sites for hydroxylation is 2. The van der Waals surface area contributed by atoms with Crippen molar-refractivity contribution in [2.24, 2.45) is 14.1 Å². The SMILES string of the molecule is Cn1ncc2c1OCCN1CCCC(C)(C1)n1c(nc3ccc(N4CCOCC4)cc31)NC(=O)c1cc-2c(=O)n(C)c1. The normalized spacial score (nSPS) is 22.9. The lowest BCUT2D eigenvalue weighted by atomic mass is 9.90. The van der Waals surface area contributed by atoms with E-state index >= 15 is 0 Å². The van der Waals surface area contributed by atoms with Crippen molar-refractivity contribution in [1.82, 2.24) is 28.8 Å². The fraction of sp³-hybridized carbons (Fsp3) is 0.467. The molecule has 0 saturated carbocycles. The lowest BCUT2D eigenvalue weighted by Crippen LogP contribution is -2.49. The summed E-state index contributed by atoms with van der Waals surface area (Å²) in [5.74, 6) is 0.672. The number of morpholine rings is 1. The minimum Gasteiger partial charge on any atom is -0.476 e. The van der Waals surface area contributed by atoms with Crippen molar-refractivity contribution in [2.45, 2.75) is 25.3 Å². The predicted molar refractivity (Wildman–Crippen MR) is 159 cm³/mol. The molecule has 42 heavy (non-hydrogen) atoms. The zero-order valence-corrected chi connectivity index (χ0v) is 24.3. The van der Waals surface area contributed by atoms with Gasteiger partial charge in [-0.2, -0.15) is 5.10 Å².